The van der Waals surface area contributed by atoms with Crippen LogP contribution in [-0.4, -0.2) is 56.2 Å². The van der Waals surface area contributed by atoms with Crippen molar-refractivity contribution in [3.05, 3.63) is 37.3 Å². The first kappa shape index (κ1) is 57.2. The number of aliphatic imine (C=N–C) groups is 1. The van der Waals surface area contributed by atoms with Crippen LogP contribution in [0.15, 0.2) is 42.3 Å². The minimum Gasteiger partial charge on any atom is -0.495 e. The number of nitrogens with zero attached hydrogens (tertiary/aromatic N) is 2. The minimum atomic E-state index is 0.349. The molecule has 6 heteroatoms. The number of hydrogen-bond donors (Lipinski definition) is 1. The number of nitrogens with one attached hydrogen (secondary N) is 1. The summed E-state index contributed by atoms with van der Waals surface area (Å²) in [4.78, 5) is 12.3. The third-order valence-corrected chi connectivity index (χ3v) is 11.9. The van der Waals surface area contributed by atoms with Crippen LogP contribution >= 0.6 is 0 Å². The zero-order valence-electron chi connectivity index (χ0n) is 40.5. The highest BCUT2D eigenvalue weighted by molar-refractivity contribution is 5.91. The van der Waals surface area contributed by atoms with Gasteiger partial charge in [0.15, 0.2) is 0 Å². The largest absolute Gasteiger partial charge is 0.495 e. The SMILES string of the molecule is C=CC(=NCCCN(CCCCCCCC(=C)OC(CC)CCCCCCCC)CCCCCCCC(=C)OC(CCCCCCCC)CCCCCCCC)NOC. The smallest absolute Gasteiger partial charge is 0.144 e. The fourth-order valence-corrected chi connectivity index (χ4v) is 8.10. The standard InChI is InChI=1S/C53H103N3O3/c1-9-14-17-20-27-34-42-51(12-4)58-49(6)40-32-25-23-30-37-46-56(48-39-45-54-53(13-5)55-57-8)47-38-31-24-26-33-41-50(7)59-52(43-35-28-21-18-15-10-2)44-36-29-22-19-16-11-3/h13,51-52H,5-7,9-12,14-48H2,1-4,8H3,(H,54,55). The molecule has 6 nitrogen and oxygen atoms in total. The predicted octanol–water partition coefficient (Wildman–Crippen LogP) is 16.6. The third-order valence-electron chi connectivity index (χ3n) is 11.9. The first-order chi connectivity index (χ1) is 28.9. The maximum Gasteiger partial charge on any atom is 0.144 e. The molecule has 0 aromatic carbocycles. The number of ether oxygens (including phenoxy) is 2. The number of hydrogen-bond acceptors (Lipinski definition) is 5. The second kappa shape index (κ2) is 45.7. The average molecular weight is 830 g/mol. The van der Waals surface area contributed by atoms with Crippen molar-refractivity contribution >= 4 is 5.84 Å². The van der Waals surface area contributed by atoms with Crippen molar-refractivity contribution in [2.24, 2.45) is 4.99 Å². The fraction of sp³-hybridized carbons (Fsp3) is 0.868. The molecular formula is C53H103N3O3. The van der Waals surface area contributed by atoms with Gasteiger partial charge in [0.05, 0.1) is 30.8 Å². The van der Waals surface area contributed by atoms with E-state index in [9.17, 15) is 0 Å². The molecule has 0 saturated heterocycles. The number of rotatable bonds is 48. The lowest BCUT2D eigenvalue weighted by atomic mass is 10.0. The molecule has 0 fully saturated rings. The van der Waals surface area contributed by atoms with Gasteiger partial charge in [-0.2, -0.15) is 0 Å². The quantitative estimate of drug-likeness (QED) is 0.0218. The lowest BCUT2D eigenvalue weighted by Crippen LogP contribution is -2.28. The van der Waals surface area contributed by atoms with E-state index in [0.717, 1.165) is 50.3 Å². The molecular weight excluding hydrogens is 727 g/mol. The molecule has 348 valence electrons. The topological polar surface area (TPSA) is 55.3 Å². The van der Waals surface area contributed by atoms with E-state index < -0.39 is 0 Å². The molecule has 1 atom stereocenters. The molecule has 0 bridgehead atoms. The van der Waals surface area contributed by atoms with Crippen molar-refractivity contribution in [2.45, 2.75) is 265 Å². The summed E-state index contributed by atoms with van der Waals surface area (Å²) in [5.74, 6) is 2.74. The van der Waals surface area contributed by atoms with Gasteiger partial charge in [-0.3, -0.25) is 9.83 Å². The first-order valence-electron chi connectivity index (χ1n) is 25.8. The maximum atomic E-state index is 6.53. The van der Waals surface area contributed by atoms with Crippen LogP contribution in [0.2, 0.25) is 0 Å². The number of unbranched alkanes of at least 4 members (excludes halogenated alkanes) is 23. The van der Waals surface area contributed by atoms with Crippen LogP contribution in [0.3, 0.4) is 0 Å². The Balaban J connectivity index is 4.53. The molecule has 0 amide bonds. The Hall–Kier alpha value is -1.79. The Labute approximate surface area is 369 Å². The van der Waals surface area contributed by atoms with E-state index in [4.69, 9.17) is 14.3 Å². The highest BCUT2D eigenvalue weighted by Gasteiger charge is 2.12. The molecule has 0 aromatic rings. The summed E-state index contributed by atoms with van der Waals surface area (Å²) in [5, 5.41) is 0. The van der Waals surface area contributed by atoms with E-state index in [1.807, 2.05) is 0 Å². The van der Waals surface area contributed by atoms with Crippen molar-refractivity contribution in [1.82, 2.24) is 10.4 Å². The van der Waals surface area contributed by atoms with E-state index >= 15 is 0 Å². The second-order valence-corrected chi connectivity index (χ2v) is 17.6. The zero-order chi connectivity index (χ0) is 43.3. The van der Waals surface area contributed by atoms with Crippen LogP contribution in [0.4, 0.5) is 0 Å². The highest BCUT2D eigenvalue weighted by atomic mass is 16.6. The molecule has 1 N–H and O–H groups in total. The molecule has 0 aliphatic rings. The Morgan fingerprint density at radius 3 is 1.31 bits per heavy atom. The van der Waals surface area contributed by atoms with Crippen molar-refractivity contribution in [1.29, 1.82) is 0 Å². The van der Waals surface area contributed by atoms with Crippen molar-refractivity contribution < 1.29 is 14.3 Å². The summed E-state index contributed by atoms with van der Waals surface area (Å²) in [6, 6.07) is 0. The van der Waals surface area contributed by atoms with Gasteiger partial charge in [-0.05, 0) is 103 Å². The molecule has 0 aliphatic heterocycles. The molecule has 0 spiro atoms. The third kappa shape index (κ3) is 40.1. The van der Waals surface area contributed by atoms with Crippen LogP contribution in [0, 0.1) is 0 Å². The first-order valence-corrected chi connectivity index (χ1v) is 25.8. The van der Waals surface area contributed by atoms with E-state index in [2.05, 4.69) is 62.8 Å². The molecule has 0 rings (SSSR count). The molecule has 59 heavy (non-hydrogen) atoms. The normalized spacial score (nSPS) is 12.4. The molecule has 0 radical (unpaired) electrons. The summed E-state index contributed by atoms with van der Waals surface area (Å²) < 4.78 is 12.8. The minimum absolute atomic E-state index is 0.349. The van der Waals surface area contributed by atoms with Gasteiger partial charge in [0.1, 0.15) is 5.84 Å². The van der Waals surface area contributed by atoms with Crippen LogP contribution in [0.25, 0.3) is 0 Å². The number of amidine groups is 1. The maximum absolute atomic E-state index is 6.53. The summed E-state index contributed by atoms with van der Waals surface area (Å²) in [6.07, 6.45) is 47.0. The van der Waals surface area contributed by atoms with Crippen molar-refractivity contribution in [3.8, 4) is 0 Å². The molecule has 0 saturated carbocycles. The Morgan fingerprint density at radius 1 is 0.508 bits per heavy atom. The van der Waals surface area contributed by atoms with Crippen LogP contribution in [0.5, 0.6) is 0 Å². The summed E-state index contributed by atoms with van der Waals surface area (Å²) in [6.45, 7) is 25.8. The lowest BCUT2D eigenvalue weighted by molar-refractivity contribution is 0.0895. The van der Waals surface area contributed by atoms with E-state index in [-0.39, 0.29) is 0 Å². The van der Waals surface area contributed by atoms with Gasteiger partial charge in [-0.15, -0.1) is 0 Å². The number of hydroxylamine groups is 1. The average Bonchev–Trinajstić information content (AvgIpc) is 3.23. The van der Waals surface area contributed by atoms with Gasteiger partial charge in [0, 0.05) is 19.4 Å². The van der Waals surface area contributed by atoms with E-state index in [1.165, 1.54) is 212 Å². The Morgan fingerprint density at radius 2 is 0.881 bits per heavy atom. The Bertz CT molecular complexity index is 936. The zero-order valence-corrected chi connectivity index (χ0v) is 40.5. The monoisotopic (exact) mass is 830 g/mol. The molecule has 0 aliphatic carbocycles. The molecule has 1 unspecified atom stereocenters. The summed E-state index contributed by atoms with van der Waals surface area (Å²) in [5.41, 5.74) is 2.81. The molecule has 0 heterocycles. The van der Waals surface area contributed by atoms with Crippen LogP contribution in [0.1, 0.15) is 252 Å². The van der Waals surface area contributed by atoms with Gasteiger partial charge in [-0.1, -0.05) is 182 Å². The predicted molar refractivity (Wildman–Crippen MR) is 261 cm³/mol. The summed E-state index contributed by atoms with van der Waals surface area (Å²) >= 11 is 0. The van der Waals surface area contributed by atoms with Crippen LogP contribution in [-0.2, 0) is 14.3 Å². The lowest BCUT2D eigenvalue weighted by Gasteiger charge is -2.22. The van der Waals surface area contributed by atoms with Gasteiger partial charge < -0.3 is 14.4 Å². The van der Waals surface area contributed by atoms with Gasteiger partial charge >= 0.3 is 0 Å². The van der Waals surface area contributed by atoms with Crippen LogP contribution < -0.4 is 5.48 Å². The fourth-order valence-electron chi connectivity index (χ4n) is 8.10. The second-order valence-electron chi connectivity index (χ2n) is 17.6. The van der Waals surface area contributed by atoms with E-state index in [1.54, 1.807) is 13.2 Å². The van der Waals surface area contributed by atoms with Crippen molar-refractivity contribution in [2.75, 3.05) is 33.3 Å². The van der Waals surface area contributed by atoms with Gasteiger partial charge in [-0.25, -0.2) is 5.48 Å². The van der Waals surface area contributed by atoms with E-state index in [0.29, 0.717) is 18.0 Å². The summed E-state index contributed by atoms with van der Waals surface area (Å²) in [7, 11) is 1.61. The Kier molecular flexibility index (Phi) is 44.3. The molecule has 0 aromatic heterocycles. The van der Waals surface area contributed by atoms with Gasteiger partial charge in [0.2, 0.25) is 0 Å². The highest BCUT2D eigenvalue weighted by Crippen LogP contribution is 2.22. The van der Waals surface area contributed by atoms with Gasteiger partial charge in [0.25, 0.3) is 0 Å². The number of allylic oxidation sites excluding steroid dienone is 2. The van der Waals surface area contributed by atoms with Crippen molar-refractivity contribution in [3.63, 3.8) is 0 Å².